The number of nitrogens with one attached hydrogen (secondary N) is 1. The molecule has 1 unspecified atom stereocenters. The van der Waals surface area contributed by atoms with Crippen LogP contribution in [0.3, 0.4) is 0 Å². The van der Waals surface area contributed by atoms with Crippen LogP contribution in [0.1, 0.15) is 78.0 Å². The summed E-state index contributed by atoms with van der Waals surface area (Å²) in [4.78, 5) is 34.3. The summed E-state index contributed by atoms with van der Waals surface area (Å²) < 4.78 is 5.73. The van der Waals surface area contributed by atoms with Gasteiger partial charge in [0.25, 0.3) is 11.8 Å². The Hall–Kier alpha value is -2.45. The molecule has 1 aromatic heterocycles. The third kappa shape index (κ3) is 7.07. The van der Waals surface area contributed by atoms with Gasteiger partial charge in [0.1, 0.15) is 11.4 Å². The molecular weight excluding hydrogens is 472 g/mol. The van der Waals surface area contributed by atoms with Gasteiger partial charge in [0.2, 0.25) is 0 Å². The highest BCUT2D eigenvalue weighted by molar-refractivity contribution is 7.09. The lowest BCUT2D eigenvalue weighted by Crippen LogP contribution is -2.40. The van der Waals surface area contributed by atoms with Gasteiger partial charge in [-0.2, -0.15) is 0 Å². The van der Waals surface area contributed by atoms with Gasteiger partial charge in [-0.3, -0.25) is 9.59 Å². The molecule has 0 bridgehead atoms. The van der Waals surface area contributed by atoms with E-state index in [1.54, 1.807) is 11.3 Å². The number of hydrogen-bond acceptors (Lipinski definition) is 6. The molecule has 2 fully saturated rings. The number of aromatic nitrogens is 1. The molecule has 4 rings (SSSR count). The largest absolute Gasteiger partial charge is 0.484 e. The molecule has 8 heteroatoms. The number of carbonyl (C=O) groups is 2. The monoisotopic (exact) mass is 512 g/mol. The van der Waals surface area contributed by atoms with Crippen LogP contribution in [0.5, 0.6) is 5.75 Å². The number of rotatable bonds is 9. The van der Waals surface area contributed by atoms with E-state index in [4.69, 9.17) is 4.74 Å². The second kappa shape index (κ2) is 12.7. The summed E-state index contributed by atoms with van der Waals surface area (Å²) >= 11 is 1.56. The quantitative estimate of drug-likeness (QED) is 0.500. The fourth-order valence-electron chi connectivity index (χ4n) is 5.06. The second-order valence-corrected chi connectivity index (χ2v) is 11.1. The Labute approximate surface area is 219 Å². The molecular formula is C28H40N4O3S. The molecule has 0 radical (unpaired) electrons. The van der Waals surface area contributed by atoms with E-state index >= 15 is 0 Å². The van der Waals surface area contributed by atoms with E-state index in [0.717, 1.165) is 42.1 Å². The zero-order chi connectivity index (χ0) is 25.5. The maximum atomic E-state index is 12.6. The Morgan fingerprint density at radius 2 is 1.92 bits per heavy atom. The minimum atomic E-state index is -0.0831. The van der Waals surface area contributed by atoms with Crippen LogP contribution in [0.4, 0.5) is 0 Å². The smallest absolute Gasteiger partial charge is 0.270 e. The first-order valence-corrected chi connectivity index (χ1v) is 14.2. The summed E-state index contributed by atoms with van der Waals surface area (Å²) in [7, 11) is 0. The number of amides is 2. The number of nitrogens with zero attached hydrogens (tertiary/aromatic N) is 3. The lowest BCUT2D eigenvalue weighted by atomic mass is 9.97. The Bertz CT molecular complexity index is 1030. The summed E-state index contributed by atoms with van der Waals surface area (Å²) in [5, 5.41) is 5.91. The van der Waals surface area contributed by atoms with Crippen molar-refractivity contribution in [1.82, 2.24) is 20.1 Å². The molecule has 0 spiro atoms. The first kappa shape index (κ1) is 26.6. The van der Waals surface area contributed by atoms with Crippen LogP contribution < -0.4 is 10.1 Å². The second-order valence-electron chi connectivity index (χ2n) is 10.3. The highest BCUT2D eigenvalue weighted by Crippen LogP contribution is 2.30. The molecule has 2 amide bonds. The van der Waals surface area contributed by atoms with Gasteiger partial charge < -0.3 is 19.9 Å². The van der Waals surface area contributed by atoms with Gasteiger partial charge in [0.15, 0.2) is 6.61 Å². The van der Waals surface area contributed by atoms with Crippen LogP contribution in [0.15, 0.2) is 23.6 Å². The Balaban J connectivity index is 1.17. The van der Waals surface area contributed by atoms with Gasteiger partial charge in [-0.1, -0.05) is 12.5 Å². The normalized spacial score (nSPS) is 19.3. The van der Waals surface area contributed by atoms with Crippen LogP contribution in [-0.2, 0) is 4.79 Å². The predicted octanol–water partition coefficient (Wildman–Crippen LogP) is 4.54. The average Bonchev–Trinajstić information content (AvgIpc) is 3.39. The molecule has 196 valence electrons. The maximum Gasteiger partial charge on any atom is 0.270 e. The molecule has 0 saturated carbocycles. The van der Waals surface area contributed by atoms with E-state index in [1.807, 2.05) is 35.4 Å². The van der Waals surface area contributed by atoms with E-state index in [1.165, 1.54) is 31.4 Å². The summed E-state index contributed by atoms with van der Waals surface area (Å²) in [6.45, 7) is 10.7. The van der Waals surface area contributed by atoms with Crippen molar-refractivity contribution in [2.75, 3.05) is 39.3 Å². The van der Waals surface area contributed by atoms with Crippen molar-refractivity contribution in [1.29, 1.82) is 0 Å². The van der Waals surface area contributed by atoms with Crippen molar-refractivity contribution in [3.63, 3.8) is 0 Å². The maximum absolute atomic E-state index is 12.6. The van der Waals surface area contributed by atoms with Crippen molar-refractivity contribution in [2.45, 2.75) is 71.3 Å². The highest BCUT2D eigenvalue weighted by Gasteiger charge is 2.26. The molecule has 3 heterocycles. The molecule has 1 aromatic carbocycles. The van der Waals surface area contributed by atoms with E-state index in [-0.39, 0.29) is 18.4 Å². The van der Waals surface area contributed by atoms with Crippen molar-refractivity contribution in [2.24, 2.45) is 0 Å². The minimum absolute atomic E-state index is 0.0184. The molecule has 2 aliphatic rings. The van der Waals surface area contributed by atoms with Gasteiger partial charge in [0, 0.05) is 43.5 Å². The number of hydrogen-bond donors (Lipinski definition) is 1. The molecule has 36 heavy (non-hydrogen) atoms. The van der Waals surface area contributed by atoms with Gasteiger partial charge >= 0.3 is 0 Å². The first-order chi connectivity index (χ1) is 17.4. The number of ether oxygens (including phenoxy) is 1. The average molecular weight is 513 g/mol. The van der Waals surface area contributed by atoms with Gasteiger partial charge in [-0.05, 0) is 82.7 Å². The molecule has 7 nitrogen and oxygen atoms in total. The first-order valence-electron chi connectivity index (χ1n) is 13.4. The van der Waals surface area contributed by atoms with Gasteiger partial charge in [-0.25, -0.2) is 4.98 Å². The zero-order valence-corrected chi connectivity index (χ0v) is 22.7. The van der Waals surface area contributed by atoms with Crippen LogP contribution in [0.25, 0.3) is 0 Å². The van der Waals surface area contributed by atoms with Crippen LogP contribution in [0, 0.1) is 13.8 Å². The van der Waals surface area contributed by atoms with Gasteiger partial charge in [0.05, 0.1) is 5.01 Å². The lowest BCUT2D eigenvalue weighted by Gasteiger charge is -2.33. The summed E-state index contributed by atoms with van der Waals surface area (Å²) in [5.41, 5.74) is 2.88. The molecule has 2 aliphatic heterocycles. The predicted molar refractivity (Wildman–Crippen MR) is 144 cm³/mol. The van der Waals surface area contributed by atoms with Crippen molar-refractivity contribution >= 4 is 23.2 Å². The topological polar surface area (TPSA) is 74.8 Å². The molecule has 1 N–H and O–H groups in total. The minimum Gasteiger partial charge on any atom is -0.484 e. The van der Waals surface area contributed by atoms with E-state index < -0.39 is 0 Å². The highest BCUT2D eigenvalue weighted by atomic mass is 32.1. The summed E-state index contributed by atoms with van der Waals surface area (Å²) in [5.74, 6) is 0.961. The van der Waals surface area contributed by atoms with Crippen molar-refractivity contribution in [3.05, 3.63) is 45.4 Å². The number of thiazole rings is 1. The van der Waals surface area contributed by atoms with E-state index in [2.05, 4.69) is 29.0 Å². The number of aryl methyl sites for hydroxylation is 2. The van der Waals surface area contributed by atoms with Crippen molar-refractivity contribution < 1.29 is 14.3 Å². The van der Waals surface area contributed by atoms with E-state index in [0.29, 0.717) is 37.3 Å². The number of benzene rings is 1. The van der Waals surface area contributed by atoms with Gasteiger partial charge in [-0.15, -0.1) is 11.3 Å². The molecule has 0 aliphatic carbocycles. The standard InChI is InChI=1S/C28H40N4O3S/c1-20-8-9-24(17-21(20)2)35-18-26(33)32-15-10-23(11-16-32)28-30-25(19-36-28)27(34)29-12-6-14-31-13-5-4-7-22(31)3/h8-9,17,19,22-23H,4-7,10-16,18H2,1-3H3,(H,29,34). The Kier molecular flexibility index (Phi) is 9.37. The Morgan fingerprint density at radius 1 is 1.11 bits per heavy atom. The van der Waals surface area contributed by atoms with Crippen LogP contribution in [0.2, 0.25) is 0 Å². The summed E-state index contributed by atoms with van der Waals surface area (Å²) in [6.07, 6.45) is 6.58. The Morgan fingerprint density at radius 3 is 2.67 bits per heavy atom. The van der Waals surface area contributed by atoms with Crippen LogP contribution >= 0.6 is 11.3 Å². The summed E-state index contributed by atoms with van der Waals surface area (Å²) in [6, 6.07) is 6.55. The number of carbonyl (C=O) groups excluding carboxylic acids is 2. The third-order valence-corrected chi connectivity index (χ3v) is 8.65. The molecule has 2 aromatic rings. The third-order valence-electron chi connectivity index (χ3n) is 7.64. The SMILES string of the molecule is Cc1ccc(OCC(=O)N2CCC(c3nc(C(=O)NCCCN4CCCCC4C)cs3)CC2)cc1C. The van der Waals surface area contributed by atoms with Crippen LogP contribution in [-0.4, -0.2) is 72.0 Å². The zero-order valence-electron chi connectivity index (χ0n) is 21.9. The fraction of sp³-hybridized carbons (Fsp3) is 0.607. The van der Waals surface area contributed by atoms with E-state index in [9.17, 15) is 9.59 Å². The molecule has 2 saturated heterocycles. The number of likely N-dealkylation sites (tertiary alicyclic amines) is 2. The number of piperidine rings is 2. The molecule has 1 atom stereocenters. The van der Waals surface area contributed by atoms with Crippen molar-refractivity contribution in [3.8, 4) is 5.75 Å². The fourth-order valence-corrected chi connectivity index (χ4v) is 6.03. The lowest BCUT2D eigenvalue weighted by molar-refractivity contribution is -0.134.